The Morgan fingerprint density at radius 3 is 2.74 bits per heavy atom. The van der Waals surface area contributed by atoms with Gasteiger partial charge < -0.3 is 0 Å². The summed E-state index contributed by atoms with van der Waals surface area (Å²) in [6.07, 6.45) is 6.01. The van der Waals surface area contributed by atoms with Gasteiger partial charge in [0.2, 0.25) is 0 Å². The highest BCUT2D eigenvalue weighted by Gasteiger charge is 2.30. The van der Waals surface area contributed by atoms with E-state index >= 15 is 0 Å². The fraction of sp³-hybridized carbons (Fsp3) is 0.786. The van der Waals surface area contributed by atoms with Crippen LogP contribution >= 0.6 is 11.6 Å². The van der Waals surface area contributed by atoms with Gasteiger partial charge in [0, 0.05) is 19.5 Å². The smallest absolute Gasteiger partial charge is 0.0847 e. The van der Waals surface area contributed by atoms with E-state index in [0.29, 0.717) is 12.0 Å². The molecule has 5 heteroatoms. The van der Waals surface area contributed by atoms with Crippen molar-refractivity contribution < 1.29 is 0 Å². The number of hydrogen-bond donors (Lipinski definition) is 2. The molecule has 3 atom stereocenters. The summed E-state index contributed by atoms with van der Waals surface area (Å²) in [5, 5.41) is 5.16. The van der Waals surface area contributed by atoms with Crippen molar-refractivity contribution in [2.75, 3.05) is 0 Å². The predicted molar refractivity (Wildman–Crippen MR) is 78.9 cm³/mol. The molecule has 1 aliphatic carbocycles. The van der Waals surface area contributed by atoms with Gasteiger partial charge in [-0.2, -0.15) is 5.10 Å². The van der Waals surface area contributed by atoms with E-state index in [9.17, 15) is 0 Å². The first-order valence-electron chi connectivity index (χ1n) is 7.20. The maximum atomic E-state index is 6.33. The highest BCUT2D eigenvalue weighted by molar-refractivity contribution is 6.31. The molecule has 1 saturated carbocycles. The van der Waals surface area contributed by atoms with Crippen LogP contribution in [0.4, 0.5) is 0 Å². The summed E-state index contributed by atoms with van der Waals surface area (Å²) in [6.45, 7) is 4.22. The predicted octanol–water partition coefficient (Wildman–Crippen LogP) is 2.58. The lowest BCUT2D eigenvalue weighted by Gasteiger charge is -2.23. The van der Waals surface area contributed by atoms with Crippen molar-refractivity contribution in [1.29, 1.82) is 0 Å². The number of hydrogen-bond acceptors (Lipinski definition) is 3. The number of aromatic nitrogens is 2. The zero-order valence-corrected chi connectivity index (χ0v) is 12.9. The van der Waals surface area contributed by atoms with Crippen LogP contribution in [-0.4, -0.2) is 15.8 Å². The Bertz CT molecular complexity index is 429. The third-order valence-electron chi connectivity index (χ3n) is 4.62. The monoisotopic (exact) mass is 284 g/mol. The normalized spacial score (nSPS) is 24.9. The van der Waals surface area contributed by atoms with Gasteiger partial charge in [-0.05, 0) is 31.6 Å². The molecule has 0 amide bonds. The molecule has 19 heavy (non-hydrogen) atoms. The second kappa shape index (κ2) is 6.25. The topological polar surface area (TPSA) is 55.9 Å². The molecule has 1 aliphatic rings. The molecule has 0 bridgehead atoms. The summed E-state index contributed by atoms with van der Waals surface area (Å²) >= 11 is 6.33. The largest absolute Gasteiger partial charge is 0.271 e. The molecule has 1 heterocycles. The number of hydrazine groups is 1. The van der Waals surface area contributed by atoms with Gasteiger partial charge in [0.15, 0.2) is 0 Å². The van der Waals surface area contributed by atoms with Crippen molar-refractivity contribution >= 4 is 11.6 Å². The van der Waals surface area contributed by atoms with Crippen LogP contribution in [0.1, 0.15) is 44.0 Å². The van der Waals surface area contributed by atoms with Crippen molar-refractivity contribution in [1.82, 2.24) is 15.2 Å². The minimum absolute atomic E-state index is 0.295. The molecule has 4 nitrogen and oxygen atoms in total. The van der Waals surface area contributed by atoms with Crippen molar-refractivity contribution in [2.45, 2.75) is 52.0 Å². The lowest BCUT2D eigenvalue weighted by molar-refractivity contribution is 0.343. The number of halogens is 1. The summed E-state index contributed by atoms with van der Waals surface area (Å²) < 4.78 is 1.88. The van der Waals surface area contributed by atoms with Crippen LogP contribution in [-0.2, 0) is 13.5 Å². The fourth-order valence-electron chi connectivity index (χ4n) is 3.32. The van der Waals surface area contributed by atoms with Crippen LogP contribution in [0.5, 0.6) is 0 Å². The van der Waals surface area contributed by atoms with Gasteiger partial charge in [0.25, 0.3) is 0 Å². The summed E-state index contributed by atoms with van der Waals surface area (Å²) in [4.78, 5) is 0. The molecule has 0 radical (unpaired) electrons. The zero-order valence-electron chi connectivity index (χ0n) is 12.1. The maximum absolute atomic E-state index is 6.33. The number of nitrogens with zero attached hydrogens (tertiary/aromatic N) is 2. The minimum Gasteiger partial charge on any atom is -0.271 e. The third kappa shape index (κ3) is 3.12. The van der Waals surface area contributed by atoms with Gasteiger partial charge >= 0.3 is 0 Å². The number of nitrogens with two attached hydrogens (primary N) is 1. The lowest BCUT2D eigenvalue weighted by Crippen LogP contribution is -2.42. The quantitative estimate of drug-likeness (QED) is 0.645. The van der Waals surface area contributed by atoms with Gasteiger partial charge in [-0.15, -0.1) is 0 Å². The Kier molecular flexibility index (Phi) is 4.87. The summed E-state index contributed by atoms with van der Waals surface area (Å²) in [6, 6.07) is 0.295. The maximum Gasteiger partial charge on any atom is 0.0847 e. The van der Waals surface area contributed by atoms with Gasteiger partial charge in [-0.3, -0.25) is 16.0 Å². The van der Waals surface area contributed by atoms with Crippen LogP contribution in [0, 0.1) is 18.8 Å². The van der Waals surface area contributed by atoms with E-state index in [2.05, 4.69) is 17.4 Å². The van der Waals surface area contributed by atoms with Crippen LogP contribution in [0.25, 0.3) is 0 Å². The standard InChI is InChI=1S/C14H25ClN4/c1-4-10-5-6-11(7-10)12(17-16)8-13-14(15)9(2)18-19(13)3/h10-12,17H,4-8,16H2,1-3H3. The molecule has 0 saturated heterocycles. The Hall–Kier alpha value is -0.580. The number of rotatable bonds is 5. The molecular weight excluding hydrogens is 260 g/mol. The Morgan fingerprint density at radius 2 is 2.26 bits per heavy atom. The molecule has 1 fully saturated rings. The highest BCUT2D eigenvalue weighted by Crippen LogP contribution is 2.36. The molecular formula is C14H25ClN4. The Labute approximate surface area is 120 Å². The molecule has 3 N–H and O–H groups in total. The van der Waals surface area contributed by atoms with E-state index < -0.39 is 0 Å². The molecule has 1 aromatic rings. The number of aryl methyl sites for hydroxylation is 2. The van der Waals surface area contributed by atoms with Gasteiger partial charge in [0.05, 0.1) is 16.4 Å². The van der Waals surface area contributed by atoms with Crippen molar-refractivity contribution in [3.63, 3.8) is 0 Å². The van der Waals surface area contributed by atoms with Crippen molar-refractivity contribution in [3.8, 4) is 0 Å². The van der Waals surface area contributed by atoms with E-state index in [1.807, 2.05) is 18.7 Å². The molecule has 3 unspecified atom stereocenters. The van der Waals surface area contributed by atoms with E-state index in [4.69, 9.17) is 17.4 Å². The van der Waals surface area contributed by atoms with Crippen LogP contribution in [0.2, 0.25) is 5.02 Å². The average molecular weight is 285 g/mol. The molecule has 0 aliphatic heterocycles. The summed E-state index contributed by atoms with van der Waals surface area (Å²) in [5.41, 5.74) is 4.98. The minimum atomic E-state index is 0.295. The van der Waals surface area contributed by atoms with E-state index in [-0.39, 0.29) is 0 Å². The van der Waals surface area contributed by atoms with Crippen LogP contribution in [0.3, 0.4) is 0 Å². The Morgan fingerprint density at radius 1 is 1.53 bits per heavy atom. The first-order valence-corrected chi connectivity index (χ1v) is 7.58. The molecule has 108 valence electrons. The van der Waals surface area contributed by atoms with Gasteiger partial charge in [-0.25, -0.2) is 0 Å². The molecule has 0 aromatic carbocycles. The van der Waals surface area contributed by atoms with Gasteiger partial charge in [-0.1, -0.05) is 31.4 Å². The fourth-order valence-corrected chi connectivity index (χ4v) is 3.56. The Balaban J connectivity index is 2.07. The zero-order chi connectivity index (χ0) is 14.0. The van der Waals surface area contributed by atoms with Crippen molar-refractivity contribution in [3.05, 3.63) is 16.4 Å². The summed E-state index contributed by atoms with van der Waals surface area (Å²) in [7, 11) is 1.95. The van der Waals surface area contributed by atoms with Crippen LogP contribution < -0.4 is 11.3 Å². The first kappa shape index (κ1) is 14.8. The third-order valence-corrected chi connectivity index (χ3v) is 5.11. The van der Waals surface area contributed by atoms with Gasteiger partial charge in [0.1, 0.15) is 0 Å². The number of nitrogens with one attached hydrogen (secondary N) is 1. The van der Waals surface area contributed by atoms with E-state index in [1.54, 1.807) is 0 Å². The van der Waals surface area contributed by atoms with E-state index in [1.165, 1.54) is 25.7 Å². The second-order valence-corrected chi connectivity index (χ2v) is 6.17. The van der Waals surface area contributed by atoms with Crippen molar-refractivity contribution in [2.24, 2.45) is 24.7 Å². The SMILES string of the molecule is CCC1CCC(C(Cc2c(Cl)c(C)nn2C)NN)C1. The molecule has 0 spiro atoms. The highest BCUT2D eigenvalue weighted by atomic mass is 35.5. The lowest BCUT2D eigenvalue weighted by atomic mass is 9.93. The van der Waals surface area contributed by atoms with E-state index in [0.717, 1.165) is 28.7 Å². The summed E-state index contributed by atoms with van der Waals surface area (Å²) in [5.74, 6) is 7.29. The average Bonchev–Trinajstić information content (AvgIpc) is 2.95. The molecule has 1 aromatic heterocycles. The molecule has 2 rings (SSSR count). The first-order chi connectivity index (χ1) is 9.06. The second-order valence-electron chi connectivity index (χ2n) is 5.79. The van der Waals surface area contributed by atoms with Crippen LogP contribution in [0.15, 0.2) is 0 Å².